The lowest BCUT2D eigenvalue weighted by Crippen LogP contribution is -2.31. The zero-order chi connectivity index (χ0) is 19.3. The normalized spacial score (nSPS) is 19.2. The summed E-state index contributed by atoms with van der Waals surface area (Å²) in [5.74, 6) is 0.238. The molecule has 0 aliphatic carbocycles. The predicted octanol–water partition coefficient (Wildman–Crippen LogP) is 5.61. The molecule has 3 nitrogen and oxygen atoms in total. The minimum atomic E-state index is -0.0916. The van der Waals surface area contributed by atoms with Crippen LogP contribution < -0.4 is 10.6 Å². The maximum Gasteiger partial charge on any atom is 0.255 e. The van der Waals surface area contributed by atoms with Crippen LogP contribution in [0.25, 0.3) is 0 Å². The Bertz CT molecular complexity index is 940. The van der Waals surface area contributed by atoms with Gasteiger partial charge in [0.15, 0.2) is 0 Å². The SMILES string of the molecule is O=C(Nc1cccc(C2[CH]C(c3ccc(Cl)cc3)NCC2)c1)c1ccccc1. The summed E-state index contributed by atoms with van der Waals surface area (Å²) in [5, 5.41) is 7.31. The Morgan fingerprint density at radius 2 is 1.71 bits per heavy atom. The van der Waals surface area contributed by atoms with E-state index in [1.54, 1.807) is 0 Å². The Morgan fingerprint density at radius 1 is 0.929 bits per heavy atom. The van der Waals surface area contributed by atoms with Crippen molar-refractivity contribution in [3.05, 3.63) is 107 Å². The summed E-state index contributed by atoms with van der Waals surface area (Å²) in [5.41, 5.74) is 3.90. The van der Waals surface area contributed by atoms with Gasteiger partial charge in [0, 0.05) is 22.3 Å². The highest BCUT2D eigenvalue weighted by atomic mass is 35.5. The molecule has 4 rings (SSSR count). The van der Waals surface area contributed by atoms with E-state index < -0.39 is 0 Å². The smallest absolute Gasteiger partial charge is 0.255 e. The molecule has 2 atom stereocenters. The first-order chi connectivity index (χ1) is 13.7. The number of rotatable bonds is 4. The zero-order valence-electron chi connectivity index (χ0n) is 15.4. The predicted molar refractivity (Wildman–Crippen MR) is 115 cm³/mol. The number of piperidine rings is 1. The van der Waals surface area contributed by atoms with Crippen LogP contribution in [0.2, 0.25) is 5.02 Å². The minimum Gasteiger partial charge on any atom is -0.322 e. The third-order valence-corrected chi connectivity index (χ3v) is 5.33. The molecule has 2 unspecified atom stereocenters. The summed E-state index contributed by atoms with van der Waals surface area (Å²) in [7, 11) is 0. The van der Waals surface area contributed by atoms with Crippen molar-refractivity contribution in [2.24, 2.45) is 0 Å². The maximum atomic E-state index is 12.4. The van der Waals surface area contributed by atoms with Crippen LogP contribution in [-0.2, 0) is 0 Å². The number of hydrogen-bond acceptors (Lipinski definition) is 2. The van der Waals surface area contributed by atoms with Gasteiger partial charge in [-0.3, -0.25) is 4.79 Å². The maximum absolute atomic E-state index is 12.4. The molecule has 1 fully saturated rings. The van der Waals surface area contributed by atoms with Crippen LogP contribution in [-0.4, -0.2) is 12.5 Å². The van der Waals surface area contributed by atoms with Crippen molar-refractivity contribution in [3.63, 3.8) is 0 Å². The molecule has 4 heteroatoms. The fourth-order valence-electron chi connectivity index (χ4n) is 3.61. The average molecular weight is 390 g/mol. The van der Waals surface area contributed by atoms with Gasteiger partial charge >= 0.3 is 0 Å². The van der Waals surface area contributed by atoms with E-state index in [-0.39, 0.29) is 11.9 Å². The number of carbonyl (C=O) groups excluding carboxylic acids is 1. The van der Waals surface area contributed by atoms with E-state index in [4.69, 9.17) is 11.6 Å². The largest absolute Gasteiger partial charge is 0.322 e. The number of hydrogen-bond donors (Lipinski definition) is 2. The topological polar surface area (TPSA) is 41.1 Å². The van der Waals surface area contributed by atoms with Crippen LogP contribution in [0.3, 0.4) is 0 Å². The molecule has 28 heavy (non-hydrogen) atoms. The van der Waals surface area contributed by atoms with E-state index >= 15 is 0 Å². The molecule has 1 radical (unpaired) electrons. The average Bonchev–Trinajstić information content (AvgIpc) is 2.75. The monoisotopic (exact) mass is 389 g/mol. The molecule has 1 aliphatic rings. The Labute approximate surface area is 170 Å². The van der Waals surface area contributed by atoms with E-state index in [9.17, 15) is 4.79 Å². The first-order valence-electron chi connectivity index (χ1n) is 9.49. The molecule has 1 saturated heterocycles. The second-order valence-electron chi connectivity index (χ2n) is 7.02. The summed E-state index contributed by atoms with van der Waals surface area (Å²) >= 11 is 6.01. The van der Waals surface area contributed by atoms with Crippen LogP contribution in [0.4, 0.5) is 5.69 Å². The van der Waals surface area contributed by atoms with Crippen molar-refractivity contribution in [3.8, 4) is 0 Å². The van der Waals surface area contributed by atoms with E-state index in [0.29, 0.717) is 11.5 Å². The number of amides is 1. The number of nitrogens with one attached hydrogen (secondary N) is 2. The van der Waals surface area contributed by atoms with Crippen molar-refractivity contribution in [1.82, 2.24) is 5.32 Å². The van der Waals surface area contributed by atoms with Crippen molar-refractivity contribution in [2.45, 2.75) is 18.4 Å². The lowest BCUT2D eigenvalue weighted by Gasteiger charge is -2.31. The Hall–Kier alpha value is -2.62. The standard InChI is InChI=1S/C24H22ClN2O/c25-21-11-9-17(10-12-21)23-16-20(13-14-26-23)19-7-4-8-22(15-19)27-24(28)18-5-2-1-3-6-18/h1-12,15-16,20,23,26H,13-14H2,(H,27,28). The van der Waals surface area contributed by atoms with E-state index in [2.05, 4.69) is 41.3 Å². The van der Waals surface area contributed by atoms with Gasteiger partial charge in [0.2, 0.25) is 0 Å². The Morgan fingerprint density at radius 3 is 2.50 bits per heavy atom. The van der Waals surface area contributed by atoms with Crippen LogP contribution in [0.5, 0.6) is 0 Å². The summed E-state index contributed by atoms with van der Waals surface area (Å²) in [4.78, 5) is 12.4. The third kappa shape index (κ3) is 4.44. The van der Waals surface area contributed by atoms with Crippen LogP contribution in [0.15, 0.2) is 78.9 Å². The Balaban J connectivity index is 1.47. The van der Waals surface area contributed by atoms with Crippen LogP contribution in [0, 0.1) is 6.42 Å². The molecule has 0 saturated carbocycles. The summed E-state index contributed by atoms with van der Waals surface area (Å²) in [6.45, 7) is 0.940. The van der Waals surface area contributed by atoms with E-state index in [1.165, 1.54) is 11.1 Å². The first-order valence-corrected chi connectivity index (χ1v) is 9.87. The molecular weight excluding hydrogens is 368 g/mol. The quantitative estimate of drug-likeness (QED) is 0.608. The lowest BCUT2D eigenvalue weighted by molar-refractivity contribution is 0.102. The molecule has 0 aromatic heterocycles. The molecule has 1 aliphatic heterocycles. The summed E-state index contributed by atoms with van der Waals surface area (Å²) in [6.07, 6.45) is 3.37. The van der Waals surface area contributed by atoms with E-state index in [0.717, 1.165) is 23.7 Å². The Kier molecular flexibility index (Phi) is 5.75. The van der Waals surface area contributed by atoms with Gasteiger partial charge in [-0.15, -0.1) is 0 Å². The number of anilines is 1. The van der Waals surface area contributed by atoms with Gasteiger partial charge in [-0.1, -0.05) is 54.1 Å². The lowest BCUT2D eigenvalue weighted by atomic mass is 9.84. The fourth-order valence-corrected chi connectivity index (χ4v) is 3.73. The highest BCUT2D eigenvalue weighted by Gasteiger charge is 2.24. The molecule has 0 spiro atoms. The molecule has 3 aromatic rings. The summed E-state index contributed by atoms with van der Waals surface area (Å²) in [6, 6.07) is 25.6. The van der Waals surface area contributed by atoms with Gasteiger partial charge in [0.1, 0.15) is 0 Å². The molecule has 3 aromatic carbocycles. The van der Waals surface area contributed by atoms with Gasteiger partial charge < -0.3 is 10.6 Å². The zero-order valence-corrected chi connectivity index (χ0v) is 16.2. The number of benzene rings is 3. The van der Waals surface area contributed by atoms with Crippen LogP contribution in [0.1, 0.15) is 39.9 Å². The highest BCUT2D eigenvalue weighted by molar-refractivity contribution is 6.30. The second kappa shape index (κ2) is 8.59. The van der Waals surface area contributed by atoms with Crippen molar-refractivity contribution < 1.29 is 4.79 Å². The number of halogens is 1. The van der Waals surface area contributed by atoms with Gasteiger partial charge in [-0.25, -0.2) is 0 Å². The van der Waals surface area contributed by atoms with Crippen molar-refractivity contribution in [2.75, 3.05) is 11.9 Å². The molecule has 0 bridgehead atoms. The first kappa shape index (κ1) is 18.7. The van der Waals surface area contributed by atoms with Gasteiger partial charge in [0.05, 0.1) is 0 Å². The van der Waals surface area contributed by atoms with E-state index in [1.807, 2.05) is 54.6 Å². The molecular formula is C24H22ClN2O. The molecule has 1 heterocycles. The van der Waals surface area contributed by atoms with Crippen molar-refractivity contribution in [1.29, 1.82) is 0 Å². The molecule has 2 N–H and O–H groups in total. The van der Waals surface area contributed by atoms with Gasteiger partial charge in [-0.05, 0) is 72.8 Å². The van der Waals surface area contributed by atoms with Gasteiger partial charge in [-0.2, -0.15) is 0 Å². The fraction of sp³-hybridized carbons (Fsp3) is 0.167. The van der Waals surface area contributed by atoms with Gasteiger partial charge in [0.25, 0.3) is 5.91 Å². The molecule has 1 amide bonds. The second-order valence-corrected chi connectivity index (χ2v) is 7.45. The minimum absolute atomic E-state index is 0.0916. The van der Waals surface area contributed by atoms with Crippen LogP contribution >= 0.6 is 11.6 Å². The third-order valence-electron chi connectivity index (χ3n) is 5.08. The summed E-state index contributed by atoms with van der Waals surface area (Å²) < 4.78 is 0. The molecule has 141 valence electrons. The highest BCUT2D eigenvalue weighted by Crippen LogP contribution is 2.34. The van der Waals surface area contributed by atoms with Crippen molar-refractivity contribution >= 4 is 23.2 Å². The number of carbonyl (C=O) groups is 1.